The van der Waals surface area contributed by atoms with Crippen molar-refractivity contribution in [3.05, 3.63) is 35.9 Å². The first-order valence-corrected chi connectivity index (χ1v) is 7.74. The molecule has 1 saturated carbocycles. The van der Waals surface area contributed by atoms with Crippen LogP contribution in [-0.2, 0) is 16.0 Å². The van der Waals surface area contributed by atoms with E-state index in [1.165, 1.54) is 0 Å². The van der Waals surface area contributed by atoms with Crippen molar-refractivity contribution in [3.8, 4) is 0 Å². The summed E-state index contributed by atoms with van der Waals surface area (Å²) in [6.45, 7) is 0. The molecule has 1 saturated heterocycles. The number of halogens is 1. The molecule has 1 aromatic rings. The molecular weight excluding hydrogens is 288 g/mol. The van der Waals surface area contributed by atoms with Gasteiger partial charge in [-0.25, -0.2) is 0 Å². The summed E-state index contributed by atoms with van der Waals surface area (Å²) in [5.74, 6) is -0.246. The van der Waals surface area contributed by atoms with Crippen molar-refractivity contribution >= 4 is 23.4 Å². The summed E-state index contributed by atoms with van der Waals surface area (Å²) in [4.78, 5) is 26.4. The minimum atomic E-state index is -0.645. The van der Waals surface area contributed by atoms with Gasteiger partial charge in [-0.05, 0) is 31.2 Å². The highest BCUT2D eigenvalue weighted by molar-refractivity contribution is 6.32. The van der Waals surface area contributed by atoms with E-state index in [1.807, 2.05) is 30.3 Å². The third kappa shape index (κ3) is 2.53. The van der Waals surface area contributed by atoms with Gasteiger partial charge in [-0.2, -0.15) is 0 Å². The molecule has 1 heterocycles. The summed E-state index contributed by atoms with van der Waals surface area (Å²) >= 11 is 6.26. The summed E-state index contributed by atoms with van der Waals surface area (Å²) in [5, 5.41) is 2.17. The molecule has 5 heteroatoms. The predicted octanol–water partition coefficient (Wildman–Crippen LogP) is 1.72. The Balaban J connectivity index is 1.73. The molecule has 1 N–H and O–H groups in total. The normalized spacial score (nSPS) is 27.4. The fourth-order valence-electron chi connectivity index (χ4n) is 3.04. The number of likely N-dealkylation sites (N-methyl/N-ethyl adjacent to an activating group) is 1. The molecule has 4 nitrogen and oxygen atoms in total. The number of amides is 2. The third-order valence-electron chi connectivity index (χ3n) is 4.64. The van der Waals surface area contributed by atoms with Crippen molar-refractivity contribution < 1.29 is 9.59 Å². The van der Waals surface area contributed by atoms with Gasteiger partial charge in [-0.1, -0.05) is 30.3 Å². The molecule has 21 heavy (non-hydrogen) atoms. The Hall–Kier alpha value is -1.55. The molecule has 2 amide bonds. The molecular formula is C16H19ClN2O2. The molecule has 0 bridgehead atoms. The number of benzene rings is 1. The topological polar surface area (TPSA) is 49.4 Å². The smallest absolute Gasteiger partial charge is 0.245 e. The largest absolute Gasteiger partial charge is 0.343 e. The zero-order chi connectivity index (χ0) is 15.0. The van der Waals surface area contributed by atoms with Crippen LogP contribution in [0.2, 0.25) is 0 Å². The number of rotatable bonds is 3. The van der Waals surface area contributed by atoms with Crippen LogP contribution < -0.4 is 5.32 Å². The van der Waals surface area contributed by atoms with Crippen molar-refractivity contribution in [2.24, 2.45) is 0 Å². The second-order valence-electron chi connectivity index (χ2n) is 5.95. The molecule has 0 radical (unpaired) electrons. The molecule has 1 aliphatic carbocycles. The molecule has 3 rings (SSSR count). The highest BCUT2D eigenvalue weighted by Gasteiger charge is 2.59. The minimum Gasteiger partial charge on any atom is -0.343 e. The Morgan fingerprint density at radius 3 is 2.57 bits per heavy atom. The van der Waals surface area contributed by atoms with Crippen molar-refractivity contribution in [1.82, 2.24) is 10.2 Å². The van der Waals surface area contributed by atoms with Crippen LogP contribution >= 0.6 is 11.6 Å². The van der Waals surface area contributed by atoms with Crippen LogP contribution in [0.1, 0.15) is 24.8 Å². The summed E-state index contributed by atoms with van der Waals surface area (Å²) in [6.07, 6.45) is 2.97. The number of aryl methyl sites for hydroxylation is 1. The first-order chi connectivity index (χ1) is 10.0. The van der Waals surface area contributed by atoms with Crippen LogP contribution in [-0.4, -0.2) is 40.7 Å². The van der Waals surface area contributed by atoms with Gasteiger partial charge in [0.05, 0.1) is 5.54 Å². The minimum absolute atomic E-state index is 0.0278. The van der Waals surface area contributed by atoms with Crippen LogP contribution in [0.15, 0.2) is 30.3 Å². The molecule has 1 aliphatic heterocycles. The van der Waals surface area contributed by atoms with Crippen LogP contribution in [0.3, 0.4) is 0 Å². The van der Waals surface area contributed by atoms with Crippen molar-refractivity contribution in [1.29, 1.82) is 0 Å². The summed E-state index contributed by atoms with van der Waals surface area (Å²) < 4.78 is 0. The lowest BCUT2D eigenvalue weighted by Gasteiger charge is -2.28. The monoisotopic (exact) mass is 306 g/mol. The fraction of sp³-hybridized carbons (Fsp3) is 0.500. The van der Waals surface area contributed by atoms with E-state index in [0.717, 1.165) is 24.8 Å². The van der Waals surface area contributed by atoms with Crippen LogP contribution in [0.25, 0.3) is 0 Å². The molecule has 1 aromatic carbocycles. The van der Waals surface area contributed by atoms with Gasteiger partial charge < -0.3 is 10.2 Å². The zero-order valence-electron chi connectivity index (χ0n) is 12.0. The number of nitrogens with zero attached hydrogens (tertiary/aromatic N) is 1. The summed E-state index contributed by atoms with van der Waals surface area (Å²) in [6, 6.07) is 9.49. The van der Waals surface area contributed by atoms with Crippen LogP contribution in [0.5, 0.6) is 0 Å². The molecule has 2 aliphatic rings. The number of carbonyl (C=O) groups excluding carboxylic acids is 2. The Morgan fingerprint density at radius 2 is 1.95 bits per heavy atom. The van der Waals surface area contributed by atoms with Crippen molar-refractivity contribution in [3.63, 3.8) is 0 Å². The second-order valence-corrected chi connectivity index (χ2v) is 6.39. The SMILES string of the molecule is CN1C(=O)[C@H](CCc2ccccc2)NC(=O)[C@H](Cl)C12CC2. The van der Waals surface area contributed by atoms with Gasteiger partial charge in [-0.15, -0.1) is 11.6 Å². The maximum Gasteiger partial charge on any atom is 0.245 e. The van der Waals surface area contributed by atoms with E-state index < -0.39 is 17.0 Å². The third-order valence-corrected chi connectivity index (χ3v) is 5.25. The van der Waals surface area contributed by atoms with Gasteiger partial charge in [0.15, 0.2) is 0 Å². The summed E-state index contributed by atoms with van der Waals surface area (Å²) in [7, 11) is 1.76. The van der Waals surface area contributed by atoms with Gasteiger partial charge in [0.2, 0.25) is 11.8 Å². The highest BCUT2D eigenvalue weighted by Crippen LogP contribution is 2.47. The van der Waals surface area contributed by atoms with E-state index in [0.29, 0.717) is 6.42 Å². The van der Waals surface area contributed by atoms with Crippen molar-refractivity contribution in [2.75, 3.05) is 7.05 Å². The maximum absolute atomic E-state index is 12.6. The number of hydrogen-bond donors (Lipinski definition) is 1. The maximum atomic E-state index is 12.6. The van der Waals surface area contributed by atoms with E-state index in [1.54, 1.807) is 11.9 Å². The van der Waals surface area contributed by atoms with Gasteiger partial charge in [0.25, 0.3) is 0 Å². The lowest BCUT2D eigenvalue weighted by Crippen LogP contribution is -2.47. The molecule has 0 unspecified atom stereocenters. The lowest BCUT2D eigenvalue weighted by molar-refractivity contribution is -0.134. The second kappa shape index (κ2) is 5.34. The van der Waals surface area contributed by atoms with E-state index in [-0.39, 0.29) is 11.8 Å². The van der Waals surface area contributed by atoms with Gasteiger partial charge in [0.1, 0.15) is 11.4 Å². The molecule has 1 spiro atoms. The Morgan fingerprint density at radius 1 is 1.29 bits per heavy atom. The van der Waals surface area contributed by atoms with Gasteiger partial charge in [-0.3, -0.25) is 9.59 Å². The fourth-order valence-corrected chi connectivity index (χ4v) is 3.47. The first-order valence-electron chi connectivity index (χ1n) is 7.31. The van der Waals surface area contributed by atoms with Crippen LogP contribution in [0, 0.1) is 0 Å². The lowest BCUT2D eigenvalue weighted by atomic mass is 10.0. The van der Waals surface area contributed by atoms with E-state index >= 15 is 0 Å². The van der Waals surface area contributed by atoms with Crippen LogP contribution in [0.4, 0.5) is 0 Å². The van der Waals surface area contributed by atoms with E-state index in [9.17, 15) is 9.59 Å². The molecule has 2 atom stereocenters. The molecule has 0 aromatic heterocycles. The zero-order valence-corrected chi connectivity index (χ0v) is 12.8. The number of hydrogen-bond acceptors (Lipinski definition) is 2. The van der Waals surface area contributed by atoms with E-state index in [2.05, 4.69) is 5.32 Å². The van der Waals surface area contributed by atoms with Gasteiger partial charge >= 0.3 is 0 Å². The average molecular weight is 307 g/mol. The molecule has 112 valence electrons. The van der Waals surface area contributed by atoms with Gasteiger partial charge in [0, 0.05) is 7.05 Å². The average Bonchev–Trinajstić information content (AvgIpc) is 3.31. The number of nitrogens with one attached hydrogen (secondary N) is 1. The van der Waals surface area contributed by atoms with E-state index in [4.69, 9.17) is 11.6 Å². The number of carbonyl (C=O) groups is 2. The van der Waals surface area contributed by atoms with Crippen molar-refractivity contribution in [2.45, 2.75) is 42.6 Å². The first kappa shape index (κ1) is 14.4. The quantitative estimate of drug-likeness (QED) is 0.865. The highest BCUT2D eigenvalue weighted by atomic mass is 35.5. The Labute approximate surface area is 129 Å². The molecule has 2 fully saturated rings. The Bertz CT molecular complexity index is 557. The Kier molecular flexibility index (Phi) is 3.66. The number of alkyl halides is 1. The standard InChI is InChI=1S/C16H19ClN2O2/c1-19-15(21)12(8-7-11-5-3-2-4-6-11)18-14(20)13(17)16(19)9-10-16/h2-6,12-13H,7-10H2,1H3,(H,18,20)/t12-,13-/m0/s1. The summed E-state index contributed by atoms with van der Waals surface area (Å²) in [5.41, 5.74) is 0.708. The predicted molar refractivity (Wildman–Crippen MR) is 81.1 cm³/mol.